The van der Waals surface area contributed by atoms with Crippen molar-refractivity contribution in [3.05, 3.63) is 28.2 Å². The van der Waals surface area contributed by atoms with Gasteiger partial charge in [0.15, 0.2) is 6.10 Å². The molecule has 2 rings (SSSR count). The molecule has 174 valence electrons. The Kier molecular flexibility index (Phi) is 8.75. The van der Waals surface area contributed by atoms with E-state index in [9.17, 15) is 18.0 Å². The van der Waals surface area contributed by atoms with E-state index in [4.69, 9.17) is 32.7 Å². The number of esters is 1. The van der Waals surface area contributed by atoms with Crippen LogP contribution in [-0.2, 0) is 29.1 Å². The van der Waals surface area contributed by atoms with Crippen molar-refractivity contribution in [3.8, 4) is 0 Å². The topological polar surface area (TPSA) is 102 Å². The molecule has 1 fully saturated rings. The number of ether oxygens (including phenoxy) is 2. The van der Waals surface area contributed by atoms with E-state index < -0.39 is 34.1 Å². The zero-order chi connectivity index (χ0) is 23.5. The Balaban J connectivity index is 2.14. The number of nitrogens with zero attached hydrogens (tertiary/aromatic N) is 1. The Morgan fingerprint density at radius 3 is 2.13 bits per heavy atom. The van der Waals surface area contributed by atoms with Gasteiger partial charge in [0.25, 0.3) is 5.91 Å². The molecule has 0 spiro atoms. The van der Waals surface area contributed by atoms with Crippen LogP contribution in [0.15, 0.2) is 23.1 Å². The number of sulfonamides is 1. The van der Waals surface area contributed by atoms with Gasteiger partial charge in [-0.2, -0.15) is 4.72 Å². The number of carbonyl (C=O) groups excluding carboxylic acids is 2. The smallest absolute Gasteiger partial charge is 0.325 e. The Morgan fingerprint density at radius 1 is 1.13 bits per heavy atom. The second-order valence-corrected chi connectivity index (χ2v) is 10.4. The van der Waals surface area contributed by atoms with Crippen LogP contribution in [0.1, 0.15) is 34.6 Å². The van der Waals surface area contributed by atoms with Gasteiger partial charge in [0.2, 0.25) is 10.0 Å². The maximum Gasteiger partial charge on any atom is 0.325 e. The molecule has 1 aliphatic rings. The monoisotopic (exact) mass is 494 g/mol. The molecule has 1 aliphatic heterocycles. The van der Waals surface area contributed by atoms with Gasteiger partial charge in [-0.05, 0) is 38.8 Å². The molecule has 11 heteroatoms. The zero-order valence-electron chi connectivity index (χ0n) is 18.1. The number of rotatable bonds is 7. The lowest BCUT2D eigenvalue weighted by molar-refractivity contribution is -0.166. The van der Waals surface area contributed by atoms with Crippen molar-refractivity contribution >= 4 is 45.1 Å². The van der Waals surface area contributed by atoms with Crippen molar-refractivity contribution in [1.29, 1.82) is 0 Å². The average molecular weight is 495 g/mol. The summed E-state index contributed by atoms with van der Waals surface area (Å²) in [5.41, 5.74) is 0. The summed E-state index contributed by atoms with van der Waals surface area (Å²) in [5, 5.41) is -0.148. The highest BCUT2D eigenvalue weighted by Crippen LogP contribution is 2.29. The number of hydrogen-bond donors (Lipinski definition) is 1. The van der Waals surface area contributed by atoms with Crippen LogP contribution in [0.5, 0.6) is 0 Å². The van der Waals surface area contributed by atoms with Crippen LogP contribution in [0.2, 0.25) is 10.0 Å². The molecule has 0 radical (unpaired) electrons. The highest BCUT2D eigenvalue weighted by atomic mass is 35.5. The molecule has 1 saturated heterocycles. The Bertz CT molecular complexity index is 894. The van der Waals surface area contributed by atoms with Crippen molar-refractivity contribution in [2.75, 3.05) is 13.1 Å². The molecule has 0 unspecified atom stereocenters. The van der Waals surface area contributed by atoms with Gasteiger partial charge in [-0.1, -0.05) is 43.1 Å². The fraction of sp³-hybridized carbons (Fsp3) is 0.600. The summed E-state index contributed by atoms with van der Waals surface area (Å²) in [7, 11) is -4.23. The van der Waals surface area contributed by atoms with Gasteiger partial charge in [0, 0.05) is 13.1 Å². The molecule has 0 aromatic heterocycles. The SMILES string of the molecule is CC(C)[C@H](NS(=O)(=O)c1c(Cl)cccc1Cl)C(=O)O[C@@H](C)C(=O)N1C[C@@H](C)O[C@H](C)C1. The standard InChI is InChI=1S/C20H28Cl2N2O6S/c1-11(2)17(23-31(27,28)18-15(21)7-6-8-16(18)22)20(26)30-14(5)19(25)24-9-12(3)29-13(4)10-24/h6-8,11-14,17,23H,9-10H2,1-5H3/t12-,13-,14+,17+/m1/s1. The van der Waals surface area contributed by atoms with E-state index in [1.165, 1.54) is 25.1 Å². The van der Waals surface area contributed by atoms with Crippen LogP contribution in [0.4, 0.5) is 0 Å². The Morgan fingerprint density at radius 2 is 1.65 bits per heavy atom. The quantitative estimate of drug-likeness (QED) is 0.584. The third kappa shape index (κ3) is 6.55. The molecular formula is C20H28Cl2N2O6S. The molecule has 1 heterocycles. The number of amides is 1. The fourth-order valence-electron chi connectivity index (χ4n) is 3.33. The molecule has 1 N–H and O–H groups in total. The van der Waals surface area contributed by atoms with Gasteiger partial charge >= 0.3 is 5.97 Å². The summed E-state index contributed by atoms with van der Waals surface area (Å²) in [6.07, 6.45) is -1.35. The van der Waals surface area contributed by atoms with Gasteiger partial charge in [-0.3, -0.25) is 9.59 Å². The van der Waals surface area contributed by atoms with E-state index in [-0.39, 0.29) is 33.1 Å². The summed E-state index contributed by atoms with van der Waals surface area (Å²) in [5.74, 6) is -1.69. The van der Waals surface area contributed by atoms with Crippen LogP contribution >= 0.6 is 23.2 Å². The molecular weight excluding hydrogens is 467 g/mol. The van der Waals surface area contributed by atoms with Gasteiger partial charge in [0.1, 0.15) is 10.9 Å². The number of benzene rings is 1. The minimum absolute atomic E-state index is 0.0741. The third-order valence-corrected chi connectivity index (χ3v) is 7.16. The molecule has 1 aromatic rings. The largest absolute Gasteiger partial charge is 0.451 e. The minimum atomic E-state index is -4.23. The number of morpholine rings is 1. The lowest BCUT2D eigenvalue weighted by Gasteiger charge is -2.36. The fourth-order valence-corrected chi connectivity index (χ4v) is 5.81. The number of halogens is 2. The summed E-state index contributed by atoms with van der Waals surface area (Å²) in [4.78, 5) is 26.8. The molecule has 1 aromatic carbocycles. The lowest BCUT2D eigenvalue weighted by atomic mass is 10.1. The molecule has 0 bridgehead atoms. The molecule has 4 atom stereocenters. The van der Waals surface area contributed by atoms with Crippen LogP contribution < -0.4 is 4.72 Å². The normalized spacial score (nSPS) is 21.6. The minimum Gasteiger partial charge on any atom is -0.451 e. The number of carbonyl (C=O) groups is 2. The second-order valence-electron chi connectivity index (χ2n) is 7.97. The van der Waals surface area contributed by atoms with Gasteiger partial charge in [-0.15, -0.1) is 0 Å². The first-order chi connectivity index (χ1) is 14.3. The van der Waals surface area contributed by atoms with Gasteiger partial charge < -0.3 is 14.4 Å². The van der Waals surface area contributed by atoms with E-state index in [1.807, 2.05) is 13.8 Å². The summed E-state index contributed by atoms with van der Waals surface area (Å²) >= 11 is 12.0. The average Bonchev–Trinajstić information content (AvgIpc) is 2.64. The number of hydrogen-bond acceptors (Lipinski definition) is 6. The zero-order valence-corrected chi connectivity index (χ0v) is 20.4. The predicted molar refractivity (Wildman–Crippen MR) is 118 cm³/mol. The first-order valence-corrected chi connectivity index (χ1v) is 12.2. The summed E-state index contributed by atoms with van der Waals surface area (Å²) in [6.45, 7) is 9.25. The van der Waals surface area contributed by atoms with Crippen molar-refractivity contribution < 1.29 is 27.5 Å². The van der Waals surface area contributed by atoms with E-state index in [0.29, 0.717) is 13.1 Å². The molecule has 1 amide bonds. The van der Waals surface area contributed by atoms with E-state index in [2.05, 4.69) is 4.72 Å². The molecule has 0 aliphatic carbocycles. The van der Waals surface area contributed by atoms with Crippen molar-refractivity contribution in [2.45, 2.75) is 63.9 Å². The Hall–Kier alpha value is -1.39. The molecule has 31 heavy (non-hydrogen) atoms. The highest BCUT2D eigenvalue weighted by molar-refractivity contribution is 7.89. The van der Waals surface area contributed by atoms with Crippen LogP contribution in [0, 0.1) is 5.92 Å². The van der Waals surface area contributed by atoms with E-state index >= 15 is 0 Å². The second kappa shape index (κ2) is 10.5. The van der Waals surface area contributed by atoms with Crippen LogP contribution in [0.3, 0.4) is 0 Å². The maximum absolute atomic E-state index is 12.9. The lowest BCUT2D eigenvalue weighted by Crippen LogP contribution is -2.52. The van der Waals surface area contributed by atoms with Crippen LogP contribution in [-0.4, -0.2) is 62.6 Å². The van der Waals surface area contributed by atoms with Crippen molar-refractivity contribution in [2.24, 2.45) is 5.92 Å². The van der Waals surface area contributed by atoms with Crippen molar-refractivity contribution in [1.82, 2.24) is 9.62 Å². The van der Waals surface area contributed by atoms with Crippen molar-refractivity contribution in [3.63, 3.8) is 0 Å². The van der Waals surface area contributed by atoms with E-state index in [0.717, 1.165) is 0 Å². The first-order valence-electron chi connectivity index (χ1n) is 9.94. The Labute approximate surface area is 193 Å². The van der Waals surface area contributed by atoms with E-state index in [1.54, 1.807) is 18.7 Å². The van der Waals surface area contributed by atoms with Gasteiger partial charge in [0.05, 0.1) is 22.3 Å². The predicted octanol–water partition coefficient (Wildman–Crippen LogP) is 2.86. The molecule has 8 nitrogen and oxygen atoms in total. The van der Waals surface area contributed by atoms with Crippen LogP contribution in [0.25, 0.3) is 0 Å². The number of nitrogens with one attached hydrogen (secondary N) is 1. The molecule has 0 saturated carbocycles. The third-order valence-electron chi connectivity index (χ3n) is 4.76. The van der Waals surface area contributed by atoms with Gasteiger partial charge in [-0.25, -0.2) is 8.42 Å². The summed E-state index contributed by atoms with van der Waals surface area (Å²) < 4.78 is 39.0. The maximum atomic E-state index is 12.9. The first kappa shape index (κ1) is 25.9. The highest BCUT2D eigenvalue weighted by Gasteiger charge is 2.35. The summed E-state index contributed by atoms with van der Waals surface area (Å²) in [6, 6.07) is 3.04.